The van der Waals surface area contributed by atoms with Crippen LogP contribution < -0.4 is 10.0 Å². The highest BCUT2D eigenvalue weighted by Gasteiger charge is 2.19. The molecule has 0 aliphatic rings. The molecule has 0 aliphatic carbocycles. The molecule has 0 atom stereocenters. The normalized spacial score (nSPS) is 11.8. The number of aliphatic hydroxyl groups is 1. The highest BCUT2D eigenvalue weighted by Crippen LogP contribution is 2.35. The van der Waals surface area contributed by atoms with Crippen LogP contribution in [0.4, 0.5) is 10.5 Å². The highest BCUT2D eigenvalue weighted by atomic mass is 35.5. The lowest BCUT2D eigenvalue weighted by atomic mass is 9.92. The number of carbonyl (C=O) groups excluding carboxylic acids is 1. The minimum atomic E-state index is -1.02. The number of rotatable bonds is 6. The zero-order valence-electron chi connectivity index (χ0n) is 17.6. The number of hydrogen-bond acceptors (Lipinski definition) is 3. The van der Waals surface area contributed by atoms with Gasteiger partial charge in [-0.15, -0.1) is 0 Å². The maximum Gasteiger partial charge on any atom is 0.329 e. The number of anilines is 1. The Hall–Kier alpha value is -1.40. The molecule has 3 N–H and O–H groups in total. The quantitative estimate of drug-likeness (QED) is 0.401. The van der Waals surface area contributed by atoms with Crippen molar-refractivity contribution < 1.29 is 9.90 Å². The van der Waals surface area contributed by atoms with E-state index in [1.807, 2.05) is 12.1 Å². The second-order valence-corrected chi connectivity index (χ2v) is 9.91. The summed E-state index contributed by atoms with van der Waals surface area (Å²) in [5, 5.41) is 14.4. The van der Waals surface area contributed by atoms with E-state index in [-0.39, 0.29) is 17.9 Å². The minimum Gasteiger partial charge on any atom is -0.386 e. The van der Waals surface area contributed by atoms with E-state index >= 15 is 0 Å². The smallest absolute Gasteiger partial charge is 0.329 e. The fourth-order valence-electron chi connectivity index (χ4n) is 2.92. The van der Waals surface area contributed by atoms with Gasteiger partial charge < -0.3 is 10.4 Å². The van der Waals surface area contributed by atoms with Gasteiger partial charge in [0.25, 0.3) is 0 Å². The van der Waals surface area contributed by atoms with Crippen molar-refractivity contribution >= 4 is 46.9 Å². The van der Waals surface area contributed by atoms with Crippen molar-refractivity contribution in [3.63, 3.8) is 0 Å². The maximum atomic E-state index is 12.6. The lowest BCUT2D eigenvalue weighted by molar-refractivity contribution is 0.0784. The van der Waals surface area contributed by atoms with Gasteiger partial charge in [-0.25, -0.2) is 4.79 Å². The average molecular weight is 455 g/mol. The molecule has 0 heterocycles. The number of amides is 2. The topological polar surface area (TPSA) is 61.4 Å². The SMILES string of the molecule is CC(C)c1cc(Cl)cc(C(C)C)c1NC(=O)NSc1cc(Cl)cc(C(C)(C)O)c1. The predicted octanol–water partition coefficient (Wildman–Crippen LogP) is 7.30. The first-order valence-corrected chi connectivity index (χ1v) is 11.1. The molecule has 0 saturated carbocycles. The van der Waals surface area contributed by atoms with Crippen molar-refractivity contribution in [2.45, 2.75) is 63.9 Å². The van der Waals surface area contributed by atoms with Crippen molar-refractivity contribution in [2.24, 2.45) is 0 Å². The third kappa shape index (κ3) is 6.54. The first kappa shape index (κ1) is 23.9. The van der Waals surface area contributed by atoms with Gasteiger partial charge in [0, 0.05) is 20.6 Å². The van der Waals surface area contributed by atoms with Crippen molar-refractivity contribution in [1.82, 2.24) is 4.72 Å². The van der Waals surface area contributed by atoms with Gasteiger partial charge in [-0.1, -0.05) is 50.9 Å². The standard InChI is InChI=1S/C22H28Cl2N2O2S/c1-12(2)18-10-16(24)11-19(13(3)4)20(18)25-21(27)26-29-17-8-14(22(5,6)28)7-15(23)9-17/h7-13,28H,1-6H3,(H2,25,26,27). The lowest BCUT2D eigenvalue weighted by Crippen LogP contribution is -2.24. The van der Waals surface area contributed by atoms with Crippen LogP contribution in [-0.2, 0) is 5.60 Å². The van der Waals surface area contributed by atoms with Gasteiger partial charge in [-0.05, 0) is 84.7 Å². The Morgan fingerprint density at radius 1 is 0.966 bits per heavy atom. The first-order chi connectivity index (χ1) is 13.4. The van der Waals surface area contributed by atoms with Crippen LogP contribution in [0.25, 0.3) is 0 Å². The van der Waals surface area contributed by atoms with Crippen LogP contribution in [-0.4, -0.2) is 11.1 Å². The van der Waals surface area contributed by atoms with Gasteiger partial charge in [0.15, 0.2) is 0 Å². The summed E-state index contributed by atoms with van der Waals surface area (Å²) in [6.45, 7) is 11.6. The Labute approximate surface area is 187 Å². The molecule has 0 aliphatic heterocycles. The molecule has 4 nitrogen and oxygen atoms in total. The summed E-state index contributed by atoms with van der Waals surface area (Å²) in [6, 6.07) is 8.71. The van der Waals surface area contributed by atoms with Gasteiger partial charge in [0.1, 0.15) is 0 Å². The lowest BCUT2D eigenvalue weighted by Gasteiger charge is -2.21. The van der Waals surface area contributed by atoms with E-state index in [2.05, 4.69) is 37.7 Å². The maximum absolute atomic E-state index is 12.6. The molecule has 0 bridgehead atoms. The van der Waals surface area contributed by atoms with Crippen LogP contribution in [0.1, 0.15) is 70.1 Å². The van der Waals surface area contributed by atoms with Gasteiger partial charge in [0.05, 0.1) is 5.60 Å². The second-order valence-electron chi connectivity index (χ2n) is 8.16. The van der Waals surface area contributed by atoms with Crippen molar-refractivity contribution in [1.29, 1.82) is 0 Å². The molecule has 158 valence electrons. The molecule has 29 heavy (non-hydrogen) atoms. The van der Waals surface area contributed by atoms with Crippen LogP contribution in [0.15, 0.2) is 35.2 Å². The van der Waals surface area contributed by atoms with E-state index in [1.165, 1.54) is 0 Å². The fraction of sp³-hybridized carbons (Fsp3) is 0.409. The fourth-order valence-corrected chi connectivity index (χ4v) is 4.09. The molecule has 2 aromatic carbocycles. The first-order valence-electron chi connectivity index (χ1n) is 9.49. The molecule has 0 unspecified atom stereocenters. The minimum absolute atomic E-state index is 0.205. The monoisotopic (exact) mass is 454 g/mol. The van der Waals surface area contributed by atoms with Crippen molar-refractivity contribution in [2.75, 3.05) is 5.32 Å². The number of benzene rings is 2. The Bertz CT molecular complexity index is 864. The van der Waals surface area contributed by atoms with Crippen molar-refractivity contribution in [3.05, 3.63) is 57.1 Å². The van der Waals surface area contributed by atoms with E-state index in [4.69, 9.17) is 23.2 Å². The molecular formula is C22H28Cl2N2O2S. The number of hydrogen-bond donors (Lipinski definition) is 3. The summed E-state index contributed by atoms with van der Waals surface area (Å²) >= 11 is 13.6. The second kappa shape index (κ2) is 9.61. The van der Waals surface area contributed by atoms with Crippen LogP contribution in [0.2, 0.25) is 10.0 Å². The third-order valence-corrected chi connectivity index (χ3v) is 5.68. The summed E-state index contributed by atoms with van der Waals surface area (Å²) in [5.74, 6) is 0.410. The van der Waals surface area contributed by atoms with E-state index in [9.17, 15) is 9.90 Å². The Kier molecular flexibility index (Phi) is 7.91. The number of halogens is 2. The largest absolute Gasteiger partial charge is 0.386 e. The molecule has 7 heteroatoms. The van der Waals surface area contributed by atoms with Gasteiger partial charge in [-0.2, -0.15) is 0 Å². The van der Waals surface area contributed by atoms with E-state index in [1.54, 1.807) is 32.0 Å². The molecule has 0 aromatic heterocycles. The summed E-state index contributed by atoms with van der Waals surface area (Å²) in [5.41, 5.74) is 2.43. The Morgan fingerprint density at radius 3 is 1.97 bits per heavy atom. The van der Waals surface area contributed by atoms with E-state index < -0.39 is 5.60 Å². The van der Waals surface area contributed by atoms with Gasteiger partial charge in [0.2, 0.25) is 0 Å². The van der Waals surface area contributed by atoms with Crippen LogP contribution >= 0.6 is 35.1 Å². The zero-order chi connectivity index (χ0) is 21.9. The zero-order valence-corrected chi connectivity index (χ0v) is 19.9. The third-order valence-electron chi connectivity index (χ3n) is 4.49. The number of carbonyl (C=O) groups is 1. The summed E-state index contributed by atoms with van der Waals surface area (Å²) in [4.78, 5) is 13.4. The summed E-state index contributed by atoms with van der Waals surface area (Å²) in [6.07, 6.45) is 0. The molecule has 0 radical (unpaired) electrons. The van der Waals surface area contributed by atoms with Gasteiger partial charge in [-0.3, -0.25) is 4.72 Å². The molecule has 2 amide bonds. The predicted molar refractivity (Wildman–Crippen MR) is 124 cm³/mol. The average Bonchev–Trinajstić information content (AvgIpc) is 2.59. The molecular weight excluding hydrogens is 427 g/mol. The van der Waals surface area contributed by atoms with E-state index in [0.717, 1.165) is 33.7 Å². The Morgan fingerprint density at radius 2 is 1.48 bits per heavy atom. The van der Waals surface area contributed by atoms with E-state index in [0.29, 0.717) is 15.6 Å². The molecule has 0 spiro atoms. The van der Waals surface area contributed by atoms with Crippen molar-refractivity contribution in [3.8, 4) is 0 Å². The molecule has 2 aromatic rings. The van der Waals surface area contributed by atoms with Crippen LogP contribution in [0, 0.1) is 0 Å². The van der Waals surface area contributed by atoms with Crippen LogP contribution in [0.5, 0.6) is 0 Å². The number of urea groups is 1. The molecule has 2 rings (SSSR count). The molecule has 0 fully saturated rings. The summed E-state index contributed by atoms with van der Waals surface area (Å²) < 4.78 is 2.79. The van der Waals surface area contributed by atoms with Gasteiger partial charge >= 0.3 is 6.03 Å². The van der Waals surface area contributed by atoms with Crippen LogP contribution in [0.3, 0.4) is 0 Å². The number of nitrogens with one attached hydrogen (secondary N) is 2. The Balaban J connectivity index is 2.21. The highest BCUT2D eigenvalue weighted by molar-refractivity contribution is 7.98. The summed E-state index contributed by atoms with van der Waals surface area (Å²) in [7, 11) is 0. The molecule has 0 saturated heterocycles.